The summed E-state index contributed by atoms with van der Waals surface area (Å²) in [5.74, 6) is -18.4. The number of nitrogens with one attached hydrogen (secondary N) is 11. The van der Waals surface area contributed by atoms with Crippen LogP contribution in [-0.4, -0.2) is 251 Å². The Morgan fingerprint density at radius 2 is 1.35 bits per heavy atom. The number of aromatic amines is 1. The molecule has 3 aliphatic rings. The minimum atomic E-state index is -5.40. The maximum atomic E-state index is 15.4. The molecule has 6 rings (SSSR count). The van der Waals surface area contributed by atoms with Crippen LogP contribution in [-0.2, 0) is 104 Å². The van der Waals surface area contributed by atoms with Crippen LogP contribution in [0.3, 0.4) is 0 Å². The number of hydrogen-bond donors (Lipinski definition) is 16. The number of likely N-dealkylation sites (tertiary alicyclic amines) is 1. The summed E-state index contributed by atoms with van der Waals surface area (Å²) in [4.78, 5) is 237. The Balaban J connectivity index is 1.35. The van der Waals surface area contributed by atoms with Gasteiger partial charge >= 0.3 is 5.97 Å². The second-order valence-electron chi connectivity index (χ2n) is 31.4. The molecule has 3 aromatic rings. The van der Waals surface area contributed by atoms with Gasteiger partial charge < -0.3 is 101 Å². The molecule has 15 amide bonds. The number of likely N-dealkylation sites (N-methyl/N-ethyl adjacent to an activating group) is 1. The minimum Gasteiger partial charge on any atom is -0.458 e. The highest BCUT2D eigenvalue weighted by atomic mass is 79.9. The summed E-state index contributed by atoms with van der Waals surface area (Å²) in [5, 5.41) is 26.1. The molecule has 0 saturated carbocycles. The highest BCUT2D eigenvalue weighted by Crippen LogP contribution is 2.30. The fourth-order valence-electron chi connectivity index (χ4n) is 13.7. The van der Waals surface area contributed by atoms with Crippen LogP contribution in [0.25, 0.3) is 10.9 Å². The number of carbonyl (C=O) groups excluding carboxylic acids is 16. The fraction of sp³-hybridized carbons (Fsp3) is 0.587. The molecule has 1 aromatic heterocycles. The molecule has 0 radical (unpaired) electrons. The number of rotatable bonds is 35. The molecule has 2 aromatic carbocycles. The topological polar surface area (TPSA) is 599 Å². The van der Waals surface area contributed by atoms with Crippen LogP contribution in [0.1, 0.15) is 145 Å². The van der Waals surface area contributed by atoms with Gasteiger partial charge in [-0.05, 0) is 111 Å². The predicted octanol–water partition coefficient (Wildman–Crippen LogP) is -2.81. The highest BCUT2D eigenvalue weighted by molar-refractivity contribution is 9.10. The summed E-state index contributed by atoms with van der Waals surface area (Å²) < 4.78 is 43.0. The van der Waals surface area contributed by atoms with Crippen molar-refractivity contribution in [2.75, 3.05) is 32.4 Å². The number of cyclic esters (lactones) is 1. The Hall–Kier alpha value is -10.8. The van der Waals surface area contributed by atoms with Gasteiger partial charge in [0.25, 0.3) is 10.1 Å². The summed E-state index contributed by atoms with van der Waals surface area (Å²) in [6.07, 6.45) is -2.02. The van der Waals surface area contributed by atoms with Crippen LogP contribution in [0.15, 0.2) is 64.2 Å². The average Bonchev–Trinajstić information content (AvgIpc) is 1.64. The first kappa shape index (κ1) is 94.0. The Kier molecular flexibility index (Phi) is 33.7. The number of fused-ring (bicyclic) bond motifs is 2. The third-order valence-corrected chi connectivity index (χ3v) is 22.0. The second kappa shape index (κ2) is 41.6. The quantitative estimate of drug-likeness (QED) is 0.00706. The number of amides is 15. The zero-order valence-electron chi connectivity index (χ0n) is 66.8. The Morgan fingerprint density at radius 3 is 1.97 bits per heavy atom. The Labute approximate surface area is 680 Å². The lowest BCUT2D eigenvalue weighted by Crippen LogP contribution is -2.64. The van der Waals surface area contributed by atoms with E-state index in [1.54, 1.807) is 110 Å². The largest absolute Gasteiger partial charge is 0.458 e. The third kappa shape index (κ3) is 26.3. The molecule has 3 aliphatic heterocycles. The van der Waals surface area contributed by atoms with Crippen LogP contribution in [0, 0.1) is 16.7 Å². The molecule has 0 bridgehead atoms. The van der Waals surface area contributed by atoms with Crippen molar-refractivity contribution in [2.45, 2.75) is 231 Å². The molecule has 4 heterocycles. The van der Waals surface area contributed by atoms with Gasteiger partial charge in [-0.15, -0.1) is 0 Å². The second-order valence-corrected chi connectivity index (χ2v) is 33.8. The SMILES string of the molecule is CCC(C)(C)C(NC(=O)C(NC(=O)C1CCCN1C(=O)C(Cc1ccc(Br)cc1)NC(=O)C(C)NC=O)C(C)(C)C)C(=O)NC(Cc1c[nH]c2ccccc12)C(=O)NC(CCCN=C(N)N)C(=O)NC(CS(=O)(=O)O)C(=O)NC1C(=O)N(C)C(CCC(N)=O)C(=O)NC(C(C)C)C(=O)N2CCCC2C(=O)NC(CC(N)=O)C(=O)OC1C. The molecule has 116 heavy (non-hydrogen) atoms. The number of guanidine groups is 1. The van der Waals surface area contributed by atoms with Crippen LogP contribution >= 0.6 is 15.9 Å². The van der Waals surface area contributed by atoms with E-state index in [-0.39, 0.29) is 64.6 Å². The third-order valence-electron chi connectivity index (χ3n) is 20.7. The van der Waals surface area contributed by atoms with Gasteiger partial charge in [-0.25, -0.2) is 4.79 Å². The number of H-pyrrole nitrogens is 1. The van der Waals surface area contributed by atoms with Gasteiger partial charge in [-0.2, -0.15) is 8.42 Å². The van der Waals surface area contributed by atoms with Crippen LogP contribution in [0.5, 0.6) is 0 Å². The smallest absolute Gasteiger partial charge is 0.329 e. The zero-order chi connectivity index (χ0) is 86.6. The van der Waals surface area contributed by atoms with Crippen LogP contribution in [0.4, 0.5) is 0 Å². The Bertz CT molecular complexity index is 4280. The van der Waals surface area contributed by atoms with Gasteiger partial charge in [0.05, 0.1) is 6.42 Å². The van der Waals surface area contributed by atoms with E-state index in [0.29, 0.717) is 39.8 Å². The number of nitrogens with two attached hydrogens (primary N) is 4. The van der Waals surface area contributed by atoms with E-state index in [9.17, 15) is 65.7 Å². The molecule has 638 valence electrons. The number of carbonyl (C=O) groups is 16. The summed E-state index contributed by atoms with van der Waals surface area (Å²) in [7, 11) is -4.37. The molecule has 20 N–H and O–H groups in total. The first-order valence-electron chi connectivity index (χ1n) is 38.1. The minimum absolute atomic E-state index is 0.00569. The van der Waals surface area contributed by atoms with E-state index in [1.165, 1.54) is 16.7 Å². The van der Waals surface area contributed by atoms with Crippen LogP contribution in [0.2, 0.25) is 0 Å². The number of halogens is 1. The molecule has 39 nitrogen and oxygen atoms in total. The van der Waals surface area contributed by atoms with Crippen molar-refractivity contribution in [3.05, 3.63) is 70.3 Å². The monoisotopic (exact) mass is 1710 g/mol. The summed E-state index contributed by atoms with van der Waals surface area (Å²) in [5.41, 5.74) is 21.7. The number of benzene rings is 2. The van der Waals surface area contributed by atoms with Gasteiger partial charge in [-0.3, -0.25) is 81.5 Å². The number of aliphatic imine (C=N–C) groups is 1. The molecular formula is C75H110BrN19O20S. The number of ether oxygens (including phenoxy) is 1. The lowest BCUT2D eigenvalue weighted by Gasteiger charge is -2.38. The fourth-order valence-corrected chi connectivity index (χ4v) is 14.6. The zero-order valence-corrected chi connectivity index (χ0v) is 69.2. The van der Waals surface area contributed by atoms with E-state index in [4.69, 9.17) is 27.7 Å². The van der Waals surface area contributed by atoms with Crippen molar-refractivity contribution in [2.24, 2.45) is 44.7 Å². The van der Waals surface area contributed by atoms with Crippen molar-refractivity contribution in [3.8, 4) is 0 Å². The standard InChI is InChI=1S/C75H110BrN19O20S/c1-12-75(9,10)59(92-67(106)58(74(6,7)8)91-66(105)53-22-16-30-94(53)69(108)48(86-60(99)39(4)83-37-96)32-41-23-25-43(76)26-24-41)68(107)85-47(33-42-35-82-45-19-14-13-18-44(42)45)62(101)84-46(20-15-29-81-73(79)80)61(100)88-50(36-116(112,113)114)63(102)90-57-40(5)115-72(111)49(34-55(78)98)87-65(104)52-21-17-31-95(52)71(110)56(38(2)3)89-64(103)51(27-28-54(77)97)93(11)70(57)109/h13-14,18-19,23-26,35,37-40,46-53,56-59,82H,12,15-17,20-22,27-34,36H2,1-11H3,(H2,77,97)(H2,78,98)(H,83,96)(H,84,101)(H,85,107)(H,86,99)(H,87,104)(H,88,100)(H,89,103)(H,90,102)(H,91,105)(H,92,106)(H4,79,80,81)(H,112,113,114). The number of hydrogen-bond acceptors (Lipinski definition) is 20. The van der Waals surface area contributed by atoms with Crippen molar-refractivity contribution in [3.63, 3.8) is 0 Å². The van der Waals surface area contributed by atoms with E-state index >= 15 is 24.0 Å². The molecule has 14 atom stereocenters. The van der Waals surface area contributed by atoms with Gasteiger partial charge in [0.2, 0.25) is 89.1 Å². The molecule has 14 unspecified atom stereocenters. The normalized spacial score (nSPS) is 21.0. The first-order chi connectivity index (χ1) is 54.3. The van der Waals surface area contributed by atoms with E-state index in [0.717, 1.165) is 18.4 Å². The number of esters is 1. The molecule has 41 heteroatoms. The number of aromatic nitrogens is 1. The lowest BCUT2D eigenvalue weighted by molar-refractivity contribution is -0.159. The average molecular weight is 1710 g/mol. The van der Waals surface area contributed by atoms with Gasteiger partial charge in [0.15, 0.2) is 5.96 Å². The molecule has 0 aliphatic carbocycles. The first-order valence-corrected chi connectivity index (χ1v) is 40.6. The van der Waals surface area contributed by atoms with E-state index < -0.39 is 238 Å². The molecular weight excluding hydrogens is 1600 g/mol. The van der Waals surface area contributed by atoms with Crippen molar-refractivity contribution >= 4 is 138 Å². The van der Waals surface area contributed by atoms with Crippen molar-refractivity contribution in [1.82, 2.24) is 72.9 Å². The summed E-state index contributed by atoms with van der Waals surface area (Å²) >= 11 is 3.40. The molecule has 3 saturated heterocycles. The highest BCUT2D eigenvalue weighted by Gasteiger charge is 2.48. The maximum absolute atomic E-state index is 15.4. The van der Waals surface area contributed by atoms with E-state index in [2.05, 4.69) is 79.1 Å². The van der Waals surface area contributed by atoms with E-state index in [1.807, 2.05) is 0 Å². The van der Waals surface area contributed by atoms with Gasteiger partial charge in [-0.1, -0.05) is 102 Å². The van der Waals surface area contributed by atoms with Crippen LogP contribution < -0.4 is 76.1 Å². The Morgan fingerprint density at radius 1 is 0.733 bits per heavy atom. The van der Waals surface area contributed by atoms with Gasteiger partial charge in [0, 0.05) is 67.5 Å². The number of para-hydroxylation sites is 1. The van der Waals surface area contributed by atoms with Crippen molar-refractivity contribution < 1.29 is 94.4 Å². The molecule has 0 spiro atoms. The number of nitrogens with zero attached hydrogens (tertiary/aromatic N) is 4. The number of primary amides is 2. The van der Waals surface area contributed by atoms with Crippen molar-refractivity contribution in [1.29, 1.82) is 0 Å². The molecule has 3 fully saturated rings. The maximum Gasteiger partial charge on any atom is 0.329 e. The van der Waals surface area contributed by atoms with Gasteiger partial charge in [0.1, 0.15) is 90.4 Å². The predicted molar refractivity (Wildman–Crippen MR) is 424 cm³/mol. The summed E-state index contributed by atoms with van der Waals surface area (Å²) in [6, 6.07) is -7.17. The summed E-state index contributed by atoms with van der Waals surface area (Å²) in [6.45, 7) is 15.5. The lowest BCUT2D eigenvalue weighted by atomic mass is 9.80.